The summed E-state index contributed by atoms with van der Waals surface area (Å²) in [6, 6.07) is 16.7. The van der Waals surface area contributed by atoms with Gasteiger partial charge in [-0.15, -0.1) is 0 Å². The molecule has 1 fully saturated rings. The first-order valence-electron chi connectivity index (χ1n) is 10.6. The number of amides is 1. The molecule has 2 N–H and O–H groups in total. The van der Waals surface area contributed by atoms with Gasteiger partial charge in [0.2, 0.25) is 0 Å². The summed E-state index contributed by atoms with van der Waals surface area (Å²) in [6.07, 6.45) is 4.04. The number of carbonyl (C=O) groups excluding carboxylic acids is 1. The van der Waals surface area contributed by atoms with Crippen LogP contribution in [0, 0.1) is 6.92 Å². The van der Waals surface area contributed by atoms with Crippen LogP contribution >= 0.6 is 0 Å². The van der Waals surface area contributed by atoms with Crippen molar-refractivity contribution in [2.75, 3.05) is 18.0 Å². The topological polar surface area (TPSA) is 91.2 Å². The van der Waals surface area contributed by atoms with Gasteiger partial charge in [-0.25, -0.2) is 9.97 Å². The van der Waals surface area contributed by atoms with Crippen molar-refractivity contribution in [3.05, 3.63) is 78.1 Å². The lowest BCUT2D eigenvalue weighted by Gasteiger charge is -2.21. The number of aryl methyl sites for hydroxylation is 1. The van der Waals surface area contributed by atoms with Gasteiger partial charge in [0, 0.05) is 36.9 Å². The third kappa shape index (κ3) is 3.85. The molecule has 0 unspecified atom stereocenters. The summed E-state index contributed by atoms with van der Waals surface area (Å²) in [6.45, 7) is 3.44. The van der Waals surface area contributed by atoms with Gasteiger partial charge < -0.3 is 15.3 Å². The summed E-state index contributed by atoms with van der Waals surface area (Å²) in [4.78, 5) is 28.3. The number of benzene rings is 2. The minimum atomic E-state index is -0.122. The molecular formula is C25H23N5O2. The number of aromatic nitrogens is 3. The number of nitrogens with one attached hydrogen (secondary N) is 1. The number of pyridine rings is 1. The van der Waals surface area contributed by atoms with Gasteiger partial charge in [0.15, 0.2) is 5.82 Å². The van der Waals surface area contributed by atoms with E-state index in [0.717, 1.165) is 35.2 Å². The number of rotatable bonds is 4. The van der Waals surface area contributed by atoms with Crippen molar-refractivity contribution in [2.45, 2.75) is 19.4 Å². The molecule has 1 aliphatic rings. The molecule has 7 nitrogen and oxygen atoms in total. The zero-order chi connectivity index (χ0) is 22.1. The van der Waals surface area contributed by atoms with E-state index in [1.165, 1.54) is 0 Å². The first kappa shape index (κ1) is 19.9. The summed E-state index contributed by atoms with van der Waals surface area (Å²) >= 11 is 0. The minimum absolute atomic E-state index is 0.00625. The van der Waals surface area contributed by atoms with E-state index in [4.69, 9.17) is 9.97 Å². The molecule has 1 saturated heterocycles. The van der Waals surface area contributed by atoms with Crippen molar-refractivity contribution < 1.29 is 9.90 Å². The number of nitrogens with zero attached hydrogens (tertiary/aromatic N) is 4. The number of phenolic OH excluding ortho intramolecular Hbond substituents is 1. The summed E-state index contributed by atoms with van der Waals surface area (Å²) in [5, 5.41) is 14.4. The Hall–Kier alpha value is -4.00. The molecule has 1 aliphatic heterocycles. The van der Waals surface area contributed by atoms with E-state index in [-0.39, 0.29) is 17.7 Å². The van der Waals surface area contributed by atoms with Crippen molar-refractivity contribution in [1.29, 1.82) is 0 Å². The SMILES string of the molecule is Cc1ccc2c(N3CC[C@@H](NC(=O)c4cccnc4)C3)nc(-c3ccccc3O)nc2c1. The minimum Gasteiger partial charge on any atom is -0.507 e. The highest BCUT2D eigenvalue weighted by atomic mass is 16.3. The second-order valence-corrected chi connectivity index (χ2v) is 8.06. The molecule has 3 heterocycles. The molecule has 2 aromatic carbocycles. The molecule has 160 valence electrons. The summed E-state index contributed by atoms with van der Waals surface area (Å²) < 4.78 is 0. The summed E-state index contributed by atoms with van der Waals surface area (Å²) in [7, 11) is 0. The van der Waals surface area contributed by atoms with Crippen molar-refractivity contribution in [3.63, 3.8) is 0 Å². The molecule has 1 atom stereocenters. The van der Waals surface area contributed by atoms with Gasteiger partial charge >= 0.3 is 0 Å². The number of hydrogen-bond acceptors (Lipinski definition) is 6. The second kappa shape index (κ2) is 8.26. The van der Waals surface area contributed by atoms with Crippen LogP contribution in [0.25, 0.3) is 22.3 Å². The van der Waals surface area contributed by atoms with E-state index in [0.29, 0.717) is 23.5 Å². The smallest absolute Gasteiger partial charge is 0.253 e. The fourth-order valence-electron chi connectivity index (χ4n) is 4.08. The maximum absolute atomic E-state index is 12.5. The standard InChI is InChI=1S/C25H23N5O2/c1-16-8-9-19-21(13-16)28-23(20-6-2-3-7-22(20)31)29-24(19)30-12-10-18(15-30)27-25(32)17-5-4-11-26-14-17/h2-9,11,13-14,18,31H,10,12,15H2,1H3,(H,27,32)/t18-/m1/s1. The van der Waals surface area contributed by atoms with E-state index in [1.807, 2.05) is 37.3 Å². The molecule has 0 saturated carbocycles. The van der Waals surface area contributed by atoms with Gasteiger partial charge in [0.05, 0.1) is 16.6 Å². The predicted octanol–water partition coefficient (Wildman–Crippen LogP) is 3.71. The van der Waals surface area contributed by atoms with Gasteiger partial charge in [-0.1, -0.05) is 18.2 Å². The summed E-state index contributed by atoms with van der Waals surface area (Å²) in [5.41, 5.74) is 3.08. The molecule has 0 spiro atoms. The van der Waals surface area contributed by atoms with E-state index >= 15 is 0 Å². The Morgan fingerprint density at radius 2 is 2.00 bits per heavy atom. The third-order valence-corrected chi connectivity index (χ3v) is 5.72. The van der Waals surface area contributed by atoms with Crippen molar-refractivity contribution in [1.82, 2.24) is 20.3 Å². The highest BCUT2D eigenvalue weighted by molar-refractivity contribution is 5.94. The Morgan fingerprint density at radius 3 is 2.81 bits per heavy atom. The summed E-state index contributed by atoms with van der Waals surface area (Å²) in [5.74, 6) is 1.32. The van der Waals surface area contributed by atoms with Crippen LogP contribution in [0.2, 0.25) is 0 Å². The van der Waals surface area contributed by atoms with E-state index in [1.54, 1.807) is 36.7 Å². The first-order valence-corrected chi connectivity index (χ1v) is 10.6. The van der Waals surface area contributed by atoms with Gasteiger partial charge in [-0.05, 0) is 55.3 Å². The fourth-order valence-corrected chi connectivity index (χ4v) is 4.08. The Morgan fingerprint density at radius 1 is 1.12 bits per heavy atom. The molecule has 0 aliphatic carbocycles. The van der Waals surface area contributed by atoms with E-state index in [9.17, 15) is 9.90 Å². The Balaban J connectivity index is 1.47. The fraction of sp³-hybridized carbons (Fsp3) is 0.200. The molecular weight excluding hydrogens is 402 g/mol. The number of anilines is 1. The molecule has 2 aromatic heterocycles. The van der Waals surface area contributed by atoms with Gasteiger partial charge in [-0.3, -0.25) is 9.78 Å². The van der Waals surface area contributed by atoms with E-state index < -0.39 is 0 Å². The van der Waals surface area contributed by atoms with Gasteiger partial charge in [0.1, 0.15) is 11.6 Å². The maximum atomic E-state index is 12.5. The van der Waals surface area contributed by atoms with Crippen LogP contribution in [0.4, 0.5) is 5.82 Å². The Bertz CT molecular complexity index is 1290. The van der Waals surface area contributed by atoms with Crippen LogP contribution in [0.5, 0.6) is 5.75 Å². The van der Waals surface area contributed by atoms with Crippen molar-refractivity contribution >= 4 is 22.6 Å². The highest BCUT2D eigenvalue weighted by Crippen LogP contribution is 2.33. The lowest BCUT2D eigenvalue weighted by molar-refractivity contribution is 0.0940. The quantitative estimate of drug-likeness (QED) is 0.518. The van der Waals surface area contributed by atoms with Crippen molar-refractivity contribution in [3.8, 4) is 17.1 Å². The molecule has 0 bridgehead atoms. The van der Waals surface area contributed by atoms with Gasteiger partial charge in [0.25, 0.3) is 5.91 Å². The van der Waals surface area contributed by atoms with Crippen LogP contribution in [0.15, 0.2) is 67.0 Å². The zero-order valence-electron chi connectivity index (χ0n) is 17.7. The number of para-hydroxylation sites is 1. The number of fused-ring (bicyclic) bond motifs is 1. The lowest BCUT2D eigenvalue weighted by atomic mass is 10.1. The predicted molar refractivity (Wildman–Crippen MR) is 124 cm³/mol. The normalized spacial score (nSPS) is 15.8. The van der Waals surface area contributed by atoms with Crippen LogP contribution in [-0.2, 0) is 0 Å². The van der Waals surface area contributed by atoms with Crippen LogP contribution < -0.4 is 10.2 Å². The van der Waals surface area contributed by atoms with Crippen LogP contribution in [0.1, 0.15) is 22.3 Å². The number of aromatic hydroxyl groups is 1. The van der Waals surface area contributed by atoms with Crippen molar-refractivity contribution in [2.24, 2.45) is 0 Å². The average molecular weight is 425 g/mol. The first-order chi connectivity index (χ1) is 15.6. The molecule has 32 heavy (non-hydrogen) atoms. The largest absolute Gasteiger partial charge is 0.507 e. The second-order valence-electron chi connectivity index (χ2n) is 8.06. The monoisotopic (exact) mass is 425 g/mol. The molecule has 7 heteroatoms. The van der Waals surface area contributed by atoms with E-state index in [2.05, 4.69) is 15.2 Å². The van der Waals surface area contributed by atoms with Crippen LogP contribution in [0.3, 0.4) is 0 Å². The Kier molecular flexibility index (Phi) is 5.15. The number of phenols is 1. The van der Waals surface area contributed by atoms with Gasteiger partial charge in [-0.2, -0.15) is 0 Å². The zero-order valence-corrected chi connectivity index (χ0v) is 17.7. The highest BCUT2D eigenvalue weighted by Gasteiger charge is 2.27. The molecule has 1 amide bonds. The van der Waals surface area contributed by atoms with Crippen LogP contribution in [-0.4, -0.2) is 45.1 Å². The number of carbonyl (C=O) groups is 1. The molecule has 0 radical (unpaired) electrons. The molecule has 4 aromatic rings. The molecule has 5 rings (SSSR count). The third-order valence-electron chi connectivity index (χ3n) is 5.72. The lowest BCUT2D eigenvalue weighted by Crippen LogP contribution is -2.37. The maximum Gasteiger partial charge on any atom is 0.253 e. The average Bonchev–Trinajstić information content (AvgIpc) is 3.27. The number of hydrogen-bond donors (Lipinski definition) is 2. The Labute approximate surface area is 185 Å².